The Bertz CT molecular complexity index is 1140. The van der Waals surface area contributed by atoms with Crippen molar-refractivity contribution in [1.29, 1.82) is 0 Å². The van der Waals surface area contributed by atoms with Crippen molar-refractivity contribution in [3.8, 4) is 33.5 Å². The fourth-order valence-electron chi connectivity index (χ4n) is 3.85. The molecule has 0 saturated carbocycles. The third kappa shape index (κ3) is 3.48. The van der Waals surface area contributed by atoms with Crippen molar-refractivity contribution in [2.45, 2.75) is 20.8 Å². The van der Waals surface area contributed by atoms with Gasteiger partial charge in [0, 0.05) is 17.7 Å². The van der Waals surface area contributed by atoms with Gasteiger partial charge in [-0.3, -0.25) is 0 Å². The summed E-state index contributed by atoms with van der Waals surface area (Å²) in [4.78, 5) is 0. The van der Waals surface area contributed by atoms with Gasteiger partial charge in [0.2, 0.25) is 5.69 Å². The second kappa shape index (κ2) is 7.44. The molecule has 28 heavy (non-hydrogen) atoms. The zero-order valence-electron chi connectivity index (χ0n) is 17.0. The number of aromatic nitrogens is 1. The highest BCUT2D eigenvalue weighted by atomic mass is 14.9. The second-order valence-electron chi connectivity index (χ2n) is 7.63. The first-order chi connectivity index (χ1) is 13.5. The van der Waals surface area contributed by atoms with E-state index in [0.717, 1.165) is 0 Å². The predicted octanol–water partition coefficient (Wildman–Crippen LogP) is 6.44. The Labute approximate surface area is 167 Å². The van der Waals surface area contributed by atoms with E-state index in [9.17, 15) is 0 Å². The highest BCUT2D eigenvalue weighted by molar-refractivity contribution is 5.76. The number of nitrogens with zero attached hydrogens (tertiary/aromatic N) is 1. The third-order valence-corrected chi connectivity index (χ3v) is 5.46. The summed E-state index contributed by atoms with van der Waals surface area (Å²) in [6.07, 6.45) is 2.17. The maximum absolute atomic E-state index is 2.31. The van der Waals surface area contributed by atoms with Crippen LogP contribution < -0.4 is 4.57 Å². The Kier molecular flexibility index (Phi) is 4.83. The van der Waals surface area contributed by atoms with Crippen LogP contribution in [-0.4, -0.2) is 0 Å². The van der Waals surface area contributed by atoms with Gasteiger partial charge in [0.25, 0.3) is 0 Å². The van der Waals surface area contributed by atoms with Crippen molar-refractivity contribution < 1.29 is 4.57 Å². The van der Waals surface area contributed by atoms with E-state index >= 15 is 0 Å². The lowest BCUT2D eigenvalue weighted by Gasteiger charge is -2.11. The number of benzene rings is 3. The Morgan fingerprint density at radius 2 is 1.36 bits per heavy atom. The van der Waals surface area contributed by atoms with E-state index in [1.165, 1.54) is 50.2 Å². The van der Waals surface area contributed by atoms with Crippen LogP contribution in [0, 0.1) is 20.8 Å². The number of hydrogen-bond acceptors (Lipinski definition) is 0. The van der Waals surface area contributed by atoms with Crippen molar-refractivity contribution in [1.82, 2.24) is 0 Å². The highest BCUT2D eigenvalue weighted by Crippen LogP contribution is 2.31. The molecule has 0 bridgehead atoms. The Morgan fingerprint density at radius 3 is 2.11 bits per heavy atom. The Morgan fingerprint density at radius 1 is 0.571 bits per heavy atom. The lowest BCUT2D eigenvalue weighted by atomic mass is 9.94. The molecule has 4 aromatic rings. The molecule has 0 saturated heterocycles. The first kappa shape index (κ1) is 18.2. The van der Waals surface area contributed by atoms with Crippen LogP contribution in [-0.2, 0) is 7.05 Å². The van der Waals surface area contributed by atoms with Crippen LogP contribution in [0.5, 0.6) is 0 Å². The quantitative estimate of drug-likeness (QED) is 0.368. The predicted molar refractivity (Wildman–Crippen MR) is 118 cm³/mol. The number of pyridine rings is 1. The van der Waals surface area contributed by atoms with Crippen LogP contribution in [0.1, 0.15) is 16.7 Å². The Hall–Kier alpha value is -3.19. The monoisotopic (exact) mass is 364 g/mol. The van der Waals surface area contributed by atoms with Gasteiger partial charge < -0.3 is 0 Å². The van der Waals surface area contributed by atoms with Gasteiger partial charge in [0.1, 0.15) is 7.05 Å². The van der Waals surface area contributed by atoms with Crippen LogP contribution >= 0.6 is 0 Å². The molecule has 1 aromatic heterocycles. The lowest BCUT2D eigenvalue weighted by molar-refractivity contribution is -0.660. The largest absolute Gasteiger partial charge is 0.213 e. The molecule has 0 fully saturated rings. The first-order valence-electron chi connectivity index (χ1n) is 9.77. The highest BCUT2D eigenvalue weighted by Gasteiger charge is 2.16. The van der Waals surface area contributed by atoms with Crippen LogP contribution in [0.15, 0.2) is 85.1 Å². The second-order valence-corrected chi connectivity index (χ2v) is 7.63. The molecule has 0 radical (unpaired) electrons. The van der Waals surface area contributed by atoms with Crippen LogP contribution in [0.25, 0.3) is 33.5 Å². The molecule has 1 heterocycles. The summed E-state index contributed by atoms with van der Waals surface area (Å²) in [5.41, 5.74) is 11.5. The van der Waals surface area contributed by atoms with E-state index < -0.39 is 0 Å². The fraction of sp³-hybridized carbons (Fsp3) is 0.148. The molecule has 3 aromatic carbocycles. The van der Waals surface area contributed by atoms with Crippen molar-refractivity contribution >= 4 is 0 Å². The smallest absolute Gasteiger partial charge is 0.201 e. The van der Waals surface area contributed by atoms with Crippen LogP contribution in [0.3, 0.4) is 0 Å². The van der Waals surface area contributed by atoms with E-state index in [4.69, 9.17) is 0 Å². The summed E-state index contributed by atoms with van der Waals surface area (Å²) < 4.78 is 2.21. The van der Waals surface area contributed by atoms with Gasteiger partial charge in [-0.25, -0.2) is 4.57 Å². The van der Waals surface area contributed by atoms with E-state index in [1.807, 2.05) is 0 Å². The molecule has 0 aliphatic carbocycles. The number of rotatable bonds is 3. The van der Waals surface area contributed by atoms with Gasteiger partial charge >= 0.3 is 0 Å². The van der Waals surface area contributed by atoms with E-state index in [1.54, 1.807) is 0 Å². The zero-order chi connectivity index (χ0) is 19.7. The molecule has 0 atom stereocenters. The molecule has 1 nitrogen and oxygen atoms in total. The van der Waals surface area contributed by atoms with Gasteiger partial charge in [-0.1, -0.05) is 66.2 Å². The average Bonchev–Trinajstić information content (AvgIpc) is 2.70. The molecule has 4 rings (SSSR count). The molecule has 0 N–H and O–H groups in total. The Balaban J connectivity index is 1.85. The van der Waals surface area contributed by atoms with Gasteiger partial charge in [0.05, 0.1) is 0 Å². The first-order valence-corrected chi connectivity index (χ1v) is 9.77. The molecule has 0 aliphatic heterocycles. The topological polar surface area (TPSA) is 3.88 Å². The SMILES string of the molecule is Cc1ccc(-c2cc[n+](C)c(-c3cc(-c4ccccc4)ccc3C)c2)c(C)c1. The molecule has 1 heteroatoms. The molecule has 0 aliphatic rings. The molecule has 0 spiro atoms. The number of hydrogen-bond donors (Lipinski definition) is 0. The van der Waals surface area contributed by atoms with E-state index in [0.29, 0.717) is 0 Å². The van der Waals surface area contributed by atoms with Gasteiger partial charge in [-0.05, 0) is 60.2 Å². The van der Waals surface area contributed by atoms with Crippen LogP contribution in [0.2, 0.25) is 0 Å². The summed E-state index contributed by atoms with van der Waals surface area (Å²) in [5, 5.41) is 0. The van der Waals surface area contributed by atoms with Crippen molar-refractivity contribution in [3.63, 3.8) is 0 Å². The van der Waals surface area contributed by atoms with Crippen LogP contribution in [0.4, 0.5) is 0 Å². The van der Waals surface area contributed by atoms with Crippen molar-refractivity contribution in [2.75, 3.05) is 0 Å². The maximum Gasteiger partial charge on any atom is 0.213 e. The average molecular weight is 365 g/mol. The normalized spacial score (nSPS) is 10.9. The van der Waals surface area contributed by atoms with Crippen molar-refractivity contribution in [3.05, 3.63) is 102 Å². The number of aryl methyl sites for hydroxylation is 4. The van der Waals surface area contributed by atoms with Gasteiger partial charge in [-0.2, -0.15) is 0 Å². The molecular weight excluding hydrogens is 338 g/mol. The molecule has 0 amide bonds. The fourth-order valence-corrected chi connectivity index (χ4v) is 3.85. The third-order valence-electron chi connectivity index (χ3n) is 5.46. The summed E-state index contributed by atoms with van der Waals surface area (Å²) in [5.74, 6) is 0. The molecular formula is C27H26N+. The minimum Gasteiger partial charge on any atom is -0.201 e. The van der Waals surface area contributed by atoms with Gasteiger partial charge in [-0.15, -0.1) is 0 Å². The minimum absolute atomic E-state index is 1.23. The standard InChI is InChI=1S/C27H26N/c1-19-10-13-25(21(3)16-19)24-14-15-28(4)27(18-24)26-17-23(12-11-20(26)2)22-8-6-5-7-9-22/h5-18H,1-4H3/q+1. The molecule has 138 valence electrons. The van der Waals surface area contributed by atoms with E-state index in [-0.39, 0.29) is 0 Å². The van der Waals surface area contributed by atoms with Crippen molar-refractivity contribution in [2.24, 2.45) is 7.05 Å². The lowest BCUT2D eigenvalue weighted by Crippen LogP contribution is -2.30. The summed E-state index contributed by atoms with van der Waals surface area (Å²) in [6, 6.07) is 28.5. The minimum atomic E-state index is 1.23. The molecule has 0 unspecified atom stereocenters. The summed E-state index contributed by atoms with van der Waals surface area (Å²) >= 11 is 0. The summed E-state index contributed by atoms with van der Waals surface area (Å²) in [6.45, 7) is 6.52. The summed E-state index contributed by atoms with van der Waals surface area (Å²) in [7, 11) is 2.12. The van der Waals surface area contributed by atoms with Gasteiger partial charge in [0.15, 0.2) is 6.20 Å². The maximum atomic E-state index is 2.31. The van der Waals surface area contributed by atoms with E-state index in [2.05, 4.69) is 117 Å². The zero-order valence-corrected chi connectivity index (χ0v) is 17.0.